The number of nitrogens with one attached hydrogen (secondary N) is 2. The monoisotopic (exact) mass is 361 g/mol. The van der Waals surface area contributed by atoms with E-state index in [1.54, 1.807) is 0 Å². The van der Waals surface area contributed by atoms with E-state index in [1.807, 2.05) is 19.1 Å². The van der Waals surface area contributed by atoms with Gasteiger partial charge in [0.15, 0.2) is 11.6 Å². The van der Waals surface area contributed by atoms with Crippen LogP contribution in [0.1, 0.15) is 25.8 Å². The van der Waals surface area contributed by atoms with Crippen LogP contribution in [0.4, 0.5) is 25.8 Å². The quantitative estimate of drug-likeness (QED) is 0.724. The molecule has 0 bridgehead atoms. The second-order valence-corrected chi connectivity index (χ2v) is 6.03. The van der Waals surface area contributed by atoms with Gasteiger partial charge in [-0.25, -0.2) is 8.78 Å². The number of carbonyl (C=O) groups excluding carboxylic acids is 1. The van der Waals surface area contributed by atoms with Crippen LogP contribution in [0.2, 0.25) is 0 Å². The number of nitrogens with zero attached hydrogens (tertiary/aromatic N) is 1. The van der Waals surface area contributed by atoms with Crippen molar-refractivity contribution in [3.05, 3.63) is 53.6 Å². The summed E-state index contributed by atoms with van der Waals surface area (Å²) in [6.07, 6.45) is 0.218. The third-order valence-electron chi connectivity index (χ3n) is 4.21. The third kappa shape index (κ3) is 5.18. The normalized spacial score (nSPS) is 10.5. The number of rotatable bonds is 8. The summed E-state index contributed by atoms with van der Waals surface area (Å²) in [7, 11) is 0. The van der Waals surface area contributed by atoms with Crippen LogP contribution in [0.25, 0.3) is 0 Å². The zero-order valence-corrected chi connectivity index (χ0v) is 15.4. The van der Waals surface area contributed by atoms with Crippen LogP contribution in [0.15, 0.2) is 36.4 Å². The van der Waals surface area contributed by atoms with Gasteiger partial charge in [0.2, 0.25) is 5.91 Å². The Morgan fingerprint density at radius 1 is 1.04 bits per heavy atom. The fraction of sp³-hybridized carbons (Fsp3) is 0.350. The van der Waals surface area contributed by atoms with Crippen molar-refractivity contribution in [2.24, 2.45) is 0 Å². The van der Waals surface area contributed by atoms with E-state index in [9.17, 15) is 13.6 Å². The molecule has 2 rings (SSSR count). The first-order chi connectivity index (χ1) is 12.4. The standard InChI is InChI=1S/C20H25F2N3O/c1-4-25(5-2)16-7-9-19(14(3)12-16)24-20(26)10-11-23-15-6-8-17(21)18(22)13-15/h6-9,12-13,23H,4-5,10-11H2,1-3H3,(H,24,26). The SMILES string of the molecule is CCN(CC)c1ccc(NC(=O)CCNc2ccc(F)c(F)c2)c(C)c1. The molecule has 2 aromatic rings. The lowest BCUT2D eigenvalue weighted by atomic mass is 10.1. The number of amides is 1. The molecule has 1 amide bonds. The van der Waals surface area contributed by atoms with Crippen LogP contribution in [0, 0.1) is 18.6 Å². The predicted molar refractivity (Wildman–Crippen MR) is 103 cm³/mol. The second kappa shape index (κ2) is 9.17. The molecule has 0 saturated heterocycles. The van der Waals surface area contributed by atoms with Crippen LogP contribution in [-0.2, 0) is 4.79 Å². The minimum Gasteiger partial charge on any atom is -0.384 e. The van der Waals surface area contributed by atoms with Gasteiger partial charge in [0.1, 0.15) is 0 Å². The van der Waals surface area contributed by atoms with Crippen LogP contribution in [0.3, 0.4) is 0 Å². The molecule has 2 N–H and O–H groups in total. The van der Waals surface area contributed by atoms with E-state index in [1.165, 1.54) is 6.07 Å². The molecule has 0 saturated carbocycles. The average molecular weight is 361 g/mol. The van der Waals surface area contributed by atoms with Crippen LogP contribution in [-0.4, -0.2) is 25.5 Å². The van der Waals surface area contributed by atoms with E-state index in [0.29, 0.717) is 12.2 Å². The van der Waals surface area contributed by atoms with Gasteiger partial charge < -0.3 is 15.5 Å². The van der Waals surface area contributed by atoms with E-state index in [4.69, 9.17) is 0 Å². The number of anilines is 3. The van der Waals surface area contributed by atoms with Crippen molar-refractivity contribution in [3.8, 4) is 0 Å². The molecule has 2 aromatic carbocycles. The molecular weight excluding hydrogens is 336 g/mol. The molecule has 140 valence electrons. The van der Waals surface area contributed by atoms with Gasteiger partial charge in [-0.3, -0.25) is 4.79 Å². The Morgan fingerprint density at radius 3 is 2.38 bits per heavy atom. The molecule has 0 heterocycles. The Labute approximate surface area is 153 Å². The Hall–Kier alpha value is -2.63. The third-order valence-corrected chi connectivity index (χ3v) is 4.21. The number of hydrogen-bond acceptors (Lipinski definition) is 3. The molecule has 0 aliphatic rings. The van der Waals surface area contributed by atoms with E-state index in [0.717, 1.165) is 42.2 Å². The van der Waals surface area contributed by atoms with Crippen LogP contribution < -0.4 is 15.5 Å². The molecule has 6 heteroatoms. The van der Waals surface area contributed by atoms with Gasteiger partial charge in [0.25, 0.3) is 0 Å². The Morgan fingerprint density at radius 2 is 1.77 bits per heavy atom. The molecule has 0 aliphatic heterocycles. The topological polar surface area (TPSA) is 44.4 Å². The highest BCUT2D eigenvalue weighted by atomic mass is 19.2. The molecule has 0 spiro atoms. The van der Waals surface area contributed by atoms with Gasteiger partial charge in [-0.15, -0.1) is 0 Å². The van der Waals surface area contributed by atoms with Crippen molar-refractivity contribution >= 4 is 23.0 Å². The second-order valence-electron chi connectivity index (χ2n) is 6.03. The van der Waals surface area contributed by atoms with Gasteiger partial charge in [-0.1, -0.05) is 0 Å². The molecule has 0 aromatic heterocycles. The lowest BCUT2D eigenvalue weighted by Crippen LogP contribution is -2.22. The molecular formula is C20H25F2N3O. The van der Waals surface area contributed by atoms with Crippen molar-refractivity contribution < 1.29 is 13.6 Å². The summed E-state index contributed by atoms with van der Waals surface area (Å²) in [5.41, 5.74) is 3.34. The van der Waals surface area contributed by atoms with Crippen LogP contribution in [0.5, 0.6) is 0 Å². The molecule has 0 radical (unpaired) electrons. The van der Waals surface area contributed by atoms with E-state index in [-0.39, 0.29) is 12.3 Å². The smallest absolute Gasteiger partial charge is 0.226 e. The van der Waals surface area contributed by atoms with Crippen molar-refractivity contribution in [1.82, 2.24) is 0 Å². The lowest BCUT2D eigenvalue weighted by Gasteiger charge is -2.22. The minimum absolute atomic E-state index is 0.140. The largest absolute Gasteiger partial charge is 0.384 e. The zero-order valence-electron chi connectivity index (χ0n) is 15.4. The molecule has 0 fully saturated rings. The molecule has 26 heavy (non-hydrogen) atoms. The summed E-state index contributed by atoms with van der Waals surface area (Å²) in [4.78, 5) is 14.4. The molecule has 0 unspecified atom stereocenters. The fourth-order valence-corrected chi connectivity index (χ4v) is 2.71. The molecule has 0 aliphatic carbocycles. The summed E-state index contributed by atoms with van der Waals surface area (Å²) < 4.78 is 26.0. The maximum absolute atomic E-state index is 13.1. The van der Waals surface area contributed by atoms with Crippen molar-refractivity contribution in [2.75, 3.05) is 35.2 Å². The lowest BCUT2D eigenvalue weighted by molar-refractivity contribution is -0.115. The Kier molecular flexibility index (Phi) is 6.95. The summed E-state index contributed by atoms with van der Waals surface area (Å²) in [5, 5.41) is 5.80. The van der Waals surface area contributed by atoms with Crippen molar-refractivity contribution in [1.29, 1.82) is 0 Å². The zero-order chi connectivity index (χ0) is 19.1. The molecule has 0 atom stereocenters. The van der Waals surface area contributed by atoms with Crippen LogP contribution >= 0.6 is 0 Å². The number of hydrogen-bond donors (Lipinski definition) is 2. The minimum atomic E-state index is -0.914. The number of carbonyl (C=O) groups is 1. The van der Waals surface area contributed by atoms with Gasteiger partial charge in [-0.2, -0.15) is 0 Å². The van der Waals surface area contributed by atoms with Crippen molar-refractivity contribution in [3.63, 3.8) is 0 Å². The van der Waals surface area contributed by atoms with E-state index < -0.39 is 11.6 Å². The Balaban J connectivity index is 1.88. The predicted octanol–water partition coefficient (Wildman–Crippen LogP) is 4.56. The molecule has 4 nitrogen and oxygen atoms in total. The summed E-state index contributed by atoms with van der Waals surface area (Å²) in [5.74, 6) is -1.95. The summed E-state index contributed by atoms with van der Waals surface area (Å²) in [6.45, 7) is 8.35. The maximum atomic E-state index is 13.1. The first kappa shape index (κ1) is 19.7. The first-order valence-electron chi connectivity index (χ1n) is 8.79. The average Bonchev–Trinajstić information content (AvgIpc) is 2.61. The highest BCUT2D eigenvalue weighted by Crippen LogP contribution is 2.22. The fourth-order valence-electron chi connectivity index (χ4n) is 2.71. The number of aryl methyl sites for hydroxylation is 1. The number of halogens is 2. The van der Waals surface area contributed by atoms with Crippen molar-refractivity contribution in [2.45, 2.75) is 27.2 Å². The Bertz CT molecular complexity index is 761. The summed E-state index contributed by atoms with van der Waals surface area (Å²) in [6, 6.07) is 9.52. The van der Waals surface area contributed by atoms with Gasteiger partial charge in [0, 0.05) is 43.1 Å². The number of benzene rings is 2. The first-order valence-corrected chi connectivity index (χ1v) is 8.79. The van der Waals surface area contributed by atoms with E-state index in [2.05, 4.69) is 35.4 Å². The van der Waals surface area contributed by atoms with Gasteiger partial charge >= 0.3 is 0 Å². The summed E-state index contributed by atoms with van der Waals surface area (Å²) >= 11 is 0. The van der Waals surface area contributed by atoms with Gasteiger partial charge in [-0.05, 0) is 62.7 Å². The van der Waals surface area contributed by atoms with Gasteiger partial charge in [0.05, 0.1) is 0 Å². The van der Waals surface area contributed by atoms with E-state index >= 15 is 0 Å². The highest BCUT2D eigenvalue weighted by Gasteiger charge is 2.08. The maximum Gasteiger partial charge on any atom is 0.226 e. The highest BCUT2D eigenvalue weighted by molar-refractivity contribution is 5.92.